The lowest BCUT2D eigenvalue weighted by Crippen LogP contribution is -2.30. The largest absolute Gasteiger partial charge is 0.472 e. The fourth-order valence-electron chi connectivity index (χ4n) is 10.8. The van der Waals surface area contributed by atoms with Crippen molar-refractivity contribution >= 4 is 39.5 Å². The number of hydrogen-bond donors (Lipinski definition) is 3. The Morgan fingerprint density at radius 2 is 0.527 bits per heavy atom. The zero-order chi connectivity index (χ0) is 67.5. The highest BCUT2D eigenvalue weighted by molar-refractivity contribution is 7.47. The Balaban J connectivity index is 5.26. The first-order valence-electron chi connectivity index (χ1n) is 37.2. The lowest BCUT2D eigenvalue weighted by atomic mass is 9.99. The predicted octanol–water partition coefficient (Wildman–Crippen LogP) is 20.5. The summed E-state index contributed by atoms with van der Waals surface area (Å²) >= 11 is 0. The molecule has 0 aliphatic carbocycles. The third kappa shape index (κ3) is 65.1. The molecule has 6 atom stereocenters. The van der Waals surface area contributed by atoms with E-state index in [0.717, 1.165) is 114 Å². The molecule has 0 radical (unpaired) electrons. The molecule has 540 valence electrons. The molecule has 0 heterocycles. The molecule has 0 aliphatic heterocycles. The van der Waals surface area contributed by atoms with Gasteiger partial charge in [-0.3, -0.25) is 37.3 Å². The Labute approximate surface area is 556 Å². The summed E-state index contributed by atoms with van der Waals surface area (Å²) in [7, 11) is -9.91. The lowest BCUT2D eigenvalue weighted by Gasteiger charge is -2.21. The van der Waals surface area contributed by atoms with Gasteiger partial charge in [0.25, 0.3) is 0 Å². The number of aliphatic hydroxyl groups excluding tert-OH is 1. The molecule has 0 amide bonds. The predicted molar refractivity (Wildman–Crippen MR) is 367 cm³/mol. The van der Waals surface area contributed by atoms with Crippen LogP contribution in [0.5, 0.6) is 0 Å². The average molecular weight is 1340 g/mol. The lowest BCUT2D eigenvalue weighted by molar-refractivity contribution is -0.161. The van der Waals surface area contributed by atoms with Gasteiger partial charge in [-0.1, -0.05) is 306 Å². The molecule has 91 heavy (non-hydrogen) atoms. The molecule has 0 rings (SSSR count). The van der Waals surface area contributed by atoms with E-state index in [4.69, 9.17) is 37.0 Å². The van der Waals surface area contributed by atoms with Crippen molar-refractivity contribution < 1.29 is 80.2 Å². The van der Waals surface area contributed by atoms with Crippen molar-refractivity contribution in [1.82, 2.24) is 0 Å². The fourth-order valence-corrected chi connectivity index (χ4v) is 12.4. The van der Waals surface area contributed by atoms with Crippen LogP contribution in [-0.2, 0) is 65.4 Å². The Kier molecular flexibility index (Phi) is 60.3. The van der Waals surface area contributed by atoms with Crippen LogP contribution in [0.2, 0.25) is 0 Å². The molecule has 0 spiro atoms. The third-order valence-corrected chi connectivity index (χ3v) is 18.8. The zero-order valence-corrected chi connectivity index (χ0v) is 61.3. The third-order valence-electron chi connectivity index (χ3n) is 16.9. The smallest absolute Gasteiger partial charge is 0.462 e. The summed E-state index contributed by atoms with van der Waals surface area (Å²) in [5, 5.41) is 10.6. The number of ether oxygens (including phenoxy) is 4. The van der Waals surface area contributed by atoms with E-state index in [-0.39, 0.29) is 25.7 Å². The van der Waals surface area contributed by atoms with Gasteiger partial charge in [0.1, 0.15) is 19.3 Å². The Morgan fingerprint density at radius 1 is 0.308 bits per heavy atom. The fraction of sp³-hybridized carbons (Fsp3) is 0.944. The van der Waals surface area contributed by atoms with Crippen molar-refractivity contribution in [3.05, 3.63) is 0 Å². The summed E-state index contributed by atoms with van der Waals surface area (Å²) < 4.78 is 68.4. The second kappa shape index (κ2) is 61.6. The molecular weight excluding hydrogens is 1200 g/mol. The molecule has 3 unspecified atom stereocenters. The van der Waals surface area contributed by atoms with Crippen molar-refractivity contribution in [1.29, 1.82) is 0 Å². The first-order valence-corrected chi connectivity index (χ1v) is 40.2. The molecule has 0 aliphatic rings. The maximum absolute atomic E-state index is 13.0. The summed E-state index contributed by atoms with van der Waals surface area (Å²) in [4.78, 5) is 72.6. The number of rotatable bonds is 69. The van der Waals surface area contributed by atoms with Gasteiger partial charge >= 0.3 is 39.5 Å². The molecule has 0 aromatic heterocycles. The van der Waals surface area contributed by atoms with Gasteiger partial charge in [0.15, 0.2) is 12.2 Å². The molecular formula is C72H140O17P2. The molecule has 17 nitrogen and oxygen atoms in total. The van der Waals surface area contributed by atoms with Gasteiger partial charge in [0, 0.05) is 25.7 Å². The molecule has 19 heteroatoms. The van der Waals surface area contributed by atoms with Crippen LogP contribution in [0.25, 0.3) is 0 Å². The maximum Gasteiger partial charge on any atom is 0.472 e. The van der Waals surface area contributed by atoms with Gasteiger partial charge in [0.2, 0.25) is 0 Å². The van der Waals surface area contributed by atoms with Crippen LogP contribution < -0.4 is 0 Å². The van der Waals surface area contributed by atoms with E-state index < -0.39 is 97.5 Å². The number of phosphoric acid groups is 2. The van der Waals surface area contributed by atoms with E-state index >= 15 is 0 Å². The normalized spacial score (nSPS) is 14.5. The van der Waals surface area contributed by atoms with Crippen molar-refractivity contribution in [2.24, 2.45) is 23.7 Å². The number of esters is 4. The highest BCUT2D eigenvalue weighted by atomic mass is 31.2. The number of hydrogen-bond acceptors (Lipinski definition) is 15. The Morgan fingerprint density at radius 3 is 0.780 bits per heavy atom. The van der Waals surface area contributed by atoms with Crippen molar-refractivity contribution in [2.75, 3.05) is 39.6 Å². The van der Waals surface area contributed by atoms with E-state index in [1.54, 1.807) is 0 Å². The molecule has 0 aromatic carbocycles. The monoisotopic (exact) mass is 1340 g/mol. The summed E-state index contributed by atoms with van der Waals surface area (Å²) in [6.45, 7) is 14.1. The van der Waals surface area contributed by atoms with Crippen LogP contribution >= 0.6 is 15.6 Å². The first-order chi connectivity index (χ1) is 43.6. The molecule has 0 bridgehead atoms. The first kappa shape index (κ1) is 89.1. The second-order valence-corrected chi connectivity index (χ2v) is 30.6. The van der Waals surface area contributed by atoms with Crippen LogP contribution in [0.4, 0.5) is 0 Å². The number of phosphoric ester groups is 2. The number of aliphatic hydroxyl groups is 1. The molecule has 0 fully saturated rings. The van der Waals surface area contributed by atoms with Gasteiger partial charge in [-0.15, -0.1) is 0 Å². The quantitative estimate of drug-likeness (QED) is 0.0222. The van der Waals surface area contributed by atoms with E-state index in [9.17, 15) is 43.2 Å². The van der Waals surface area contributed by atoms with Crippen LogP contribution in [0, 0.1) is 23.7 Å². The van der Waals surface area contributed by atoms with E-state index in [1.165, 1.54) is 154 Å². The molecule has 0 saturated heterocycles. The number of carbonyl (C=O) groups excluding carboxylic acids is 4. The highest BCUT2D eigenvalue weighted by Crippen LogP contribution is 2.45. The summed E-state index contributed by atoms with van der Waals surface area (Å²) in [5.41, 5.74) is 0. The Hall–Kier alpha value is -1.94. The van der Waals surface area contributed by atoms with Crippen LogP contribution in [0.3, 0.4) is 0 Å². The van der Waals surface area contributed by atoms with Crippen LogP contribution in [-0.4, -0.2) is 96.7 Å². The van der Waals surface area contributed by atoms with E-state index in [2.05, 4.69) is 55.4 Å². The van der Waals surface area contributed by atoms with Crippen LogP contribution in [0.1, 0.15) is 357 Å². The van der Waals surface area contributed by atoms with E-state index in [0.29, 0.717) is 31.6 Å². The van der Waals surface area contributed by atoms with Crippen LogP contribution in [0.15, 0.2) is 0 Å². The van der Waals surface area contributed by atoms with Crippen molar-refractivity contribution in [3.8, 4) is 0 Å². The van der Waals surface area contributed by atoms with E-state index in [1.807, 2.05) is 0 Å². The molecule has 0 saturated carbocycles. The molecule has 0 aromatic rings. The van der Waals surface area contributed by atoms with Gasteiger partial charge in [-0.25, -0.2) is 9.13 Å². The Bertz CT molecular complexity index is 1800. The SMILES string of the molecule is CCC(C)CCCCCCCCCCCCC(=O)OC[C@H](COP(=O)(O)OC[C@@H](O)COP(=O)(O)OC[C@@H](COC(=O)CCCCCCCCC(C)C)OC(=O)CCCCCCCCCCCCCC(C)C)OC(=O)CCCCCCCCCCCCCC(C)C. The minimum absolute atomic E-state index is 0.105. The topological polar surface area (TPSA) is 237 Å². The maximum atomic E-state index is 13.0. The average Bonchev–Trinajstić information content (AvgIpc) is 2.87. The number of carbonyl (C=O) groups is 4. The van der Waals surface area contributed by atoms with Gasteiger partial charge in [-0.05, 0) is 49.4 Å². The highest BCUT2D eigenvalue weighted by Gasteiger charge is 2.30. The minimum atomic E-state index is -4.95. The molecule has 3 N–H and O–H groups in total. The van der Waals surface area contributed by atoms with Crippen molar-refractivity contribution in [3.63, 3.8) is 0 Å². The van der Waals surface area contributed by atoms with Gasteiger partial charge < -0.3 is 33.8 Å². The second-order valence-electron chi connectivity index (χ2n) is 27.6. The standard InChI is InChI=1S/C72H140O17P2/c1-9-65(8)51-43-35-26-20-16-17-21-27-36-44-52-69(74)82-58-67(88-71(76)54-46-38-28-22-14-10-12-18-24-32-40-48-62(2)3)60-86-90(78,79)84-56-66(73)57-85-91(80,81)87-61-68(59-83-70(75)53-45-37-31-30-34-42-50-64(6)7)89-72(77)55-47-39-29-23-15-11-13-19-25-33-41-49-63(4)5/h62-68,73H,9-61H2,1-8H3,(H,78,79)(H,80,81)/t65?,66-,67-,68-/m1/s1. The van der Waals surface area contributed by atoms with Crippen molar-refractivity contribution in [2.45, 2.75) is 375 Å². The van der Waals surface area contributed by atoms with Gasteiger partial charge in [0.05, 0.1) is 26.4 Å². The summed E-state index contributed by atoms with van der Waals surface area (Å²) in [5.74, 6) is 0.892. The summed E-state index contributed by atoms with van der Waals surface area (Å²) in [6, 6.07) is 0. The number of unbranched alkanes of at least 4 members (excludes halogenated alkanes) is 34. The summed E-state index contributed by atoms with van der Waals surface area (Å²) in [6.07, 6.45) is 44.4. The zero-order valence-electron chi connectivity index (χ0n) is 59.5. The van der Waals surface area contributed by atoms with Gasteiger partial charge in [-0.2, -0.15) is 0 Å². The minimum Gasteiger partial charge on any atom is -0.462 e.